The summed E-state index contributed by atoms with van der Waals surface area (Å²) in [6, 6.07) is 13.9. The lowest BCUT2D eigenvalue weighted by atomic mass is 9.95. The Bertz CT molecular complexity index is 809. The number of benzene rings is 2. The molecule has 164 valence electrons. The van der Waals surface area contributed by atoms with Gasteiger partial charge in [-0.1, -0.05) is 30.3 Å². The second-order valence-corrected chi connectivity index (χ2v) is 7.19. The third kappa shape index (κ3) is 5.56. The van der Waals surface area contributed by atoms with Crippen LogP contribution in [-0.2, 0) is 11.3 Å². The van der Waals surface area contributed by atoms with E-state index in [-0.39, 0.29) is 30.3 Å². The number of hydrogen-bond donors (Lipinski definition) is 2. The molecule has 2 aromatic rings. The van der Waals surface area contributed by atoms with Crippen LogP contribution in [0.25, 0.3) is 0 Å². The molecule has 0 unspecified atom stereocenters. The third-order valence-corrected chi connectivity index (χ3v) is 5.25. The van der Waals surface area contributed by atoms with Gasteiger partial charge >= 0.3 is 0 Å². The van der Waals surface area contributed by atoms with Gasteiger partial charge < -0.3 is 25.3 Å². The lowest BCUT2D eigenvalue weighted by Crippen LogP contribution is -2.37. The number of ether oxygens (including phenoxy) is 3. The minimum Gasteiger partial charge on any atom is -0.493 e. The largest absolute Gasteiger partial charge is 0.493 e. The summed E-state index contributed by atoms with van der Waals surface area (Å²) in [4.78, 5) is 14.6. The van der Waals surface area contributed by atoms with Crippen LogP contribution in [-0.4, -0.2) is 57.8 Å². The number of amides is 1. The van der Waals surface area contributed by atoms with Crippen molar-refractivity contribution >= 4 is 18.3 Å². The Morgan fingerprint density at radius 1 is 1.07 bits per heavy atom. The van der Waals surface area contributed by atoms with Crippen molar-refractivity contribution in [3.63, 3.8) is 0 Å². The quantitative estimate of drug-likeness (QED) is 0.661. The van der Waals surface area contributed by atoms with Crippen molar-refractivity contribution in [2.45, 2.75) is 18.5 Å². The molecular weight excluding hydrogens is 406 g/mol. The molecule has 3 N–H and O–H groups in total. The molecule has 8 heteroatoms. The highest BCUT2D eigenvalue weighted by Crippen LogP contribution is 2.38. The maximum absolute atomic E-state index is 12.5. The van der Waals surface area contributed by atoms with Crippen LogP contribution in [0.5, 0.6) is 17.2 Å². The average Bonchev–Trinajstić information content (AvgIpc) is 3.11. The standard InChI is InChI=1S/C22H29N3O4.ClH/c1-27-19-9-15(10-20(28-2)22(19)29-3)11-24-21(26)14-25-12-17(18(23)13-25)16-7-5-4-6-8-16;/h4-10,17-18H,11-14,23H2,1-3H3,(H,24,26);1H/t17-,18+;/m0./s1. The molecule has 0 aromatic heterocycles. The van der Waals surface area contributed by atoms with Gasteiger partial charge in [-0.3, -0.25) is 9.69 Å². The molecule has 1 amide bonds. The normalized spacial score (nSPS) is 18.4. The first-order valence-corrected chi connectivity index (χ1v) is 9.64. The van der Waals surface area contributed by atoms with Crippen molar-refractivity contribution in [2.75, 3.05) is 41.0 Å². The van der Waals surface area contributed by atoms with E-state index in [1.807, 2.05) is 30.3 Å². The fourth-order valence-electron chi connectivity index (χ4n) is 3.79. The molecule has 0 spiro atoms. The van der Waals surface area contributed by atoms with Gasteiger partial charge in [0.05, 0.1) is 27.9 Å². The Labute approximate surface area is 183 Å². The summed E-state index contributed by atoms with van der Waals surface area (Å²) in [5.41, 5.74) is 8.41. The van der Waals surface area contributed by atoms with Crippen LogP contribution in [0.2, 0.25) is 0 Å². The minimum atomic E-state index is -0.0420. The maximum Gasteiger partial charge on any atom is 0.234 e. The van der Waals surface area contributed by atoms with Crippen molar-refractivity contribution in [3.8, 4) is 17.2 Å². The number of nitrogens with two attached hydrogens (primary N) is 1. The van der Waals surface area contributed by atoms with Crippen molar-refractivity contribution in [1.82, 2.24) is 10.2 Å². The van der Waals surface area contributed by atoms with Gasteiger partial charge in [0.1, 0.15) is 0 Å². The van der Waals surface area contributed by atoms with Crippen LogP contribution in [0.4, 0.5) is 0 Å². The van der Waals surface area contributed by atoms with E-state index in [1.54, 1.807) is 21.3 Å². The van der Waals surface area contributed by atoms with Crippen LogP contribution < -0.4 is 25.3 Å². The first-order chi connectivity index (χ1) is 14.0. The van der Waals surface area contributed by atoms with Crippen molar-refractivity contribution in [1.29, 1.82) is 0 Å². The van der Waals surface area contributed by atoms with Gasteiger partial charge in [-0.05, 0) is 23.3 Å². The Hall–Kier alpha value is -2.48. The summed E-state index contributed by atoms with van der Waals surface area (Å²) in [5.74, 6) is 1.86. The molecule has 1 saturated heterocycles. The molecule has 0 aliphatic carbocycles. The van der Waals surface area contributed by atoms with Gasteiger partial charge in [0.25, 0.3) is 0 Å². The lowest BCUT2D eigenvalue weighted by molar-refractivity contribution is -0.122. The summed E-state index contributed by atoms with van der Waals surface area (Å²) in [7, 11) is 4.70. The number of methoxy groups -OCH3 is 3. The number of nitrogens with zero attached hydrogens (tertiary/aromatic N) is 1. The number of nitrogens with one attached hydrogen (secondary N) is 1. The molecule has 30 heavy (non-hydrogen) atoms. The average molecular weight is 436 g/mol. The van der Waals surface area contributed by atoms with Crippen LogP contribution in [0.15, 0.2) is 42.5 Å². The number of carbonyl (C=O) groups is 1. The smallest absolute Gasteiger partial charge is 0.234 e. The highest BCUT2D eigenvalue weighted by atomic mass is 35.5. The molecule has 2 atom stereocenters. The zero-order valence-electron chi connectivity index (χ0n) is 17.6. The van der Waals surface area contributed by atoms with Crippen LogP contribution in [0.1, 0.15) is 17.0 Å². The fraction of sp³-hybridized carbons (Fsp3) is 0.409. The van der Waals surface area contributed by atoms with Gasteiger partial charge in [0, 0.05) is 31.6 Å². The molecule has 1 heterocycles. The van der Waals surface area contributed by atoms with Gasteiger partial charge in [-0.25, -0.2) is 0 Å². The second kappa shape index (κ2) is 11.1. The number of carbonyl (C=O) groups excluding carboxylic acids is 1. The van der Waals surface area contributed by atoms with Gasteiger partial charge in [0.15, 0.2) is 11.5 Å². The van der Waals surface area contributed by atoms with E-state index in [0.29, 0.717) is 36.9 Å². The van der Waals surface area contributed by atoms with Gasteiger partial charge in [0.2, 0.25) is 11.7 Å². The Morgan fingerprint density at radius 3 is 2.27 bits per heavy atom. The van der Waals surface area contributed by atoms with Crippen LogP contribution >= 0.6 is 12.4 Å². The minimum absolute atomic E-state index is 0. The van der Waals surface area contributed by atoms with Crippen molar-refractivity contribution in [3.05, 3.63) is 53.6 Å². The van der Waals surface area contributed by atoms with E-state index < -0.39 is 0 Å². The first kappa shape index (κ1) is 23.8. The number of halogens is 1. The van der Waals surface area contributed by atoms with Crippen molar-refractivity contribution in [2.24, 2.45) is 5.73 Å². The van der Waals surface area contributed by atoms with E-state index in [2.05, 4.69) is 22.3 Å². The van der Waals surface area contributed by atoms with Crippen LogP contribution in [0.3, 0.4) is 0 Å². The SMILES string of the molecule is COc1cc(CNC(=O)CN2C[C@@H](N)[C@H](c3ccccc3)C2)cc(OC)c1OC.Cl. The summed E-state index contributed by atoms with van der Waals surface area (Å²) < 4.78 is 16.0. The molecule has 1 aliphatic heterocycles. The van der Waals surface area contributed by atoms with E-state index in [4.69, 9.17) is 19.9 Å². The highest BCUT2D eigenvalue weighted by Gasteiger charge is 2.31. The predicted octanol–water partition coefficient (Wildman–Crippen LogP) is 2.18. The summed E-state index contributed by atoms with van der Waals surface area (Å²) >= 11 is 0. The zero-order valence-corrected chi connectivity index (χ0v) is 18.4. The topological polar surface area (TPSA) is 86.1 Å². The molecule has 7 nitrogen and oxygen atoms in total. The molecule has 1 fully saturated rings. The second-order valence-electron chi connectivity index (χ2n) is 7.19. The number of rotatable bonds is 8. The first-order valence-electron chi connectivity index (χ1n) is 9.64. The van der Waals surface area contributed by atoms with E-state index in [1.165, 1.54) is 5.56 Å². The Kier molecular flexibility index (Phi) is 8.77. The molecule has 3 rings (SSSR count). The zero-order chi connectivity index (χ0) is 20.8. The Morgan fingerprint density at radius 2 is 1.70 bits per heavy atom. The number of likely N-dealkylation sites (tertiary alicyclic amines) is 1. The lowest BCUT2D eigenvalue weighted by Gasteiger charge is -2.17. The molecule has 0 saturated carbocycles. The van der Waals surface area contributed by atoms with Gasteiger partial charge in [-0.2, -0.15) is 0 Å². The monoisotopic (exact) mass is 435 g/mol. The maximum atomic E-state index is 12.5. The van der Waals surface area contributed by atoms with Gasteiger partial charge in [-0.15, -0.1) is 12.4 Å². The predicted molar refractivity (Wildman–Crippen MR) is 119 cm³/mol. The molecule has 1 aliphatic rings. The summed E-state index contributed by atoms with van der Waals surface area (Å²) in [6.07, 6.45) is 0. The Balaban J connectivity index is 0.00000320. The van der Waals surface area contributed by atoms with Crippen LogP contribution in [0, 0.1) is 0 Å². The third-order valence-electron chi connectivity index (χ3n) is 5.25. The highest BCUT2D eigenvalue weighted by molar-refractivity contribution is 5.85. The molecule has 0 bridgehead atoms. The molecule has 2 aromatic carbocycles. The number of hydrogen-bond acceptors (Lipinski definition) is 6. The summed E-state index contributed by atoms with van der Waals surface area (Å²) in [5, 5.41) is 2.96. The molecular formula is C22H30ClN3O4. The van der Waals surface area contributed by atoms with Crippen molar-refractivity contribution < 1.29 is 19.0 Å². The molecule has 0 radical (unpaired) electrons. The van der Waals surface area contributed by atoms with E-state index in [0.717, 1.165) is 12.1 Å². The van der Waals surface area contributed by atoms with E-state index >= 15 is 0 Å². The van der Waals surface area contributed by atoms with E-state index in [9.17, 15) is 4.79 Å². The summed E-state index contributed by atoms with van der Waals surface area (Å²) in [6.45, 7) is 2.18. The fourth-order valence-corrected chi connectivity index (χ4v) is 3.79.